The molecule has 1 aliphatic rings. The highest BCUT2D eigenvalue weighted by atomic mass is 16.3. The highest BCUT2D eigenvalue weighted by Gasteiger charge is 2.18. The fourth-order valence-corrected chi connectivity index (χ4v) is 2.66. The van der Waals surface area contributed by atoms with Crippen molar-refractivity contribution in [1.82, 2.24) is 9.80 Å². The summed E-state index contributed by atoms with van der Waals surface area (Å²) in [4.78, 5) is 5.07. The number of aliphatic hydroxyl groups excluding tert-OH is 1. The molecule has 19 heavy (non-hydrogen) atoms. The molecule has 0 aromatic rings. The SMILES string of the molecule is CCN1CCN(CC[C@@H](CO)CCC(C)(C)C)CC1. The first kappa shape index (κ1) is 16.9. The third-order valence-corrected chi connectivity index (χ3v) is 4.33. The van der Waals surface area contributed by atoms with Crippen molar-refractivity contribution in [2.75, 3.05) is 45.9 Å². The van der Waals surface area contributed by atoms with Crippen molar-refractivity contribution in [2.45, 2.75) is 47.0 Å². The van der Waals surface area contributed by atoms with E-state index >= 15 is 0 Å². The average molecular weight is 270 g/mol. The first-order chi connectivity index (χ1) is 8.94. The lowest BCUT2D eigenvalue weighted by Gasteiger charge is -2.34. The molecule has 3 heteroatoms. The minimum absolute atomic E-state index is 0.352. The maximum atomic E-state index is 9.51. The zero-order valence-electron chi connectivity index (χ0n) is 13.5. The van der Waals surface area contributed by atoms with E-state index < -0.39 is 0 Å². The van der Waals surface area contributed by atoms with Crippen LogP contribution in [0.5, 0.6) is 0 Å². The molecule has 0 aromatic carbocycles. The van der Waals surface area contributed by atoms with Crippen LogP contribution in [0.25, 0.3) is 0 Å². The molecule has 1 atom stereocenters. The molecule has 1 N–H and O–H groups in total. The number of nitrogens with zero attached hydrogens (tertiary/aromatic N) is 2. The Morgan fingerprint density at radius 3 is 2.05 bits per heavy atom. The Hall–Kier alpha value is -0.120. The highest BCUT2D eigenvalue weighted by Crippen LogP contribution is 2.25. The molecule has 0 aromatic heterocycles. The molecule has 1 saturated heterocycles. The predicted octanol–water partition coefficient (Wildman–Crippen LogP) is 2.45. The number of hydrogen-bond acceptors (Lipinski definition) is 3. The molecule has 0 aliphatic carbocycles. The summed E-state index contributed by atoms with van der Waals surface area (Å²) in [6.07, 6.45) is 3.52. The molecule has 0 saturated carbocycles. The second-order valence-corrected chi connectivity index (χ2v) is 7.21. The van der Waals surface area contributed by atoms with Gasteiger partial charge in [-0.15, -0.1) is 0 Å². The van der Waals surface area contributed by atoms with Gasteiger partial charge in [0.15, 0.2) is 0 Å². The lowest BCUT2D eigenvalue weighted by Crippen LogP contribution is -2.46. The summed E-state index contributed by atoms with van der Waals surface area (Å²) < 4.78 is 0. The third-order valence-electron chi connectivity index (χ3n) is 4.33. The summed E-state index contributed by atoms with van der Waals surface area (Å²) >= 11 is 0. The van der Waals surface area contributed by atoms with Crippen LogP contribution in [-0.4, -0.2) is 60.8 Å². The van der Waals surface area contributed by atoms with Crippen molar-refractivity contribution in [1.29, 1.82) is 0 Å². The van der Waals surface area contributed by atoms with E-state index in [9.17, 15) is 5.11 Å². The molecular weight excluding hydrogens is 236 g/mol. The average Bonchev–Trinajstić information content (AvgIpc) is 2.38. The van der Waals surface area contributed by atoms with Gasteiger partial charge < -0.3 is 14.9 Å². The summed E-state index contributed by atoms with van der Waals surface area (Å²) in [5.41, 5.74) is 0.389. The Balaban J connectivity index is 2.19. The van der Waals surface area contributed by atoms with Crippen LogP contribution >= 0.6 is 0 Å². The summed E-state index contributed by atoms with van der Waals surface area (Å²) in [5, 5.41) is 9.51. The van der Waals surface area contributed by atoms with Crippen molar-refractivity contribution in [3.05, 3.63) is 0 Å². The monoisotopic (exact) mass is 270 g/mol. The van der Waals surface area contributed by atoms with Gasteiger partial charge in [0, 0.05) is 32.8 Å². The Morgan fingerprint density at radius 1 is 1.00 bits per heavy atom. The van der Waals surface area contributed by atoms with Gasteiger partial charge in [-0.25, -0.2) is 0 Å². The van der Waals surface area contributed by atoms with Crippen molar-refractivity contribution in [3.63, 3.8) is 0 Å². The fourth-order valence-electron chi connectivity index (χ4n) is 2.66. The van der Waals surface area contributed by atoms with Crippen LogP contribution in [0.4, 0.5) is 0 Å². The molecule has 1 aliphatic heterocycles. The predicted molar refractivity (Wildman–Crippen MR) is 82.4 cm³/mol. The molecule has 1 fully saturated rings. The Morgan fingerprint density at radius 2 is 1.58 bits per heavy atom. The maximum absolute atomic E-state index is 9.51. The van der Waals surface area contributed by atoms with E-state index in [1.165, 1.54) is 39.1 Å². The van der Waals surface area contributed by atoms with E-state index in [1.54, 1.807) is 0 Å². The first-order valence-electron chi connectivity index (χ1n) is 8.00. The van der Waals surface area contributed by atoms with Crippen LogP contribution in [0.15, 0.2) is 0 Å². The zero-order chi connectivity index (χ0) is 14.3. The standard InChI is InChI=1S/C16H34N2O/c1-5-17-10-12-18(13-11-17)9-7-15(14-19)6-8-16(2,3)4/h15,19H,5-14H2,1-4H3/t15-/m0/s1. The third kappa shape index (κ3) is 7.28. The van der Waals surface area contributed by atoms with Gasteiger partial charge in [0.25, 0.3) is 0 Å². The van der Waals surface area contributed by atoms with Crippen LogP contribution in [-0.2, 0) is 0 Å². The van der Waals surface area contributed by atoms with Gasteiger partial charge in [0.1, 0.15) is 0 Å². The van der Waals surface area contributed by atoms with Crippen LogP contribution in [0.3, 0.4) is 0 Å². The summed E-state index contributed by atoms with van der Waals surface area (Å²) in [5.74, 6) is 0.489. The molecule has 114 valence electrons. The van der Waals surface area contributed by atoms with E-state index in [0.717, 1.165) is 19.4 Å². The van der Waals surface area contributed by atoms with Crippen molar-refractivity contribution >= 4 is 0 Å². The molecule has 0 unspecified atom stereocenters. The summed E-state index contributed by atoms with van der Waals surface area (Å²) in [6, 6.07) is 0. The maximum Gasteiger partial charge on any atom is 0.0459 e. The largest absolute Gasteiger partial charge is 0.396 e. The Kier molecular flexibility index (Phi) is 7.33. The smallest absolute Gasteiger partial charge is 0.0459 e. The van der Waals surface area contributed by atoms with Gasteiger partial charge in [0.2, 0.25) is 0 Å². The molecule has 0 radical (unpaired) electrons. The van der Waals surface area contributed by atoms with Crippen LogP contribution in [0, 0.1) is 11.3 Å². The minimum atomic E-state index is 0.352. The van der Waals surface area contributed by atoms with E-state index in [0.29, 0.717) is 17.9 Å². The van der Waals surface area contributed by atoms with Gasteiger partial charge in [0.05, 0.1) is 0 Å². The van der Waals surface area contributed by atoms with E-state index in [1.807, 2.05) is 0 Å². The number of likely N-dealkylation sites (N-methyl/N-ethyl adjacent to an activating group) is 1. The van der Waals surface area contributed by atoms with Crippen LogP contribution < -0.4 is 0 Å². The van der Waals surface area contributed by atoms with Crippen LogP contribution in [0.1, 0.15) is 47.0 Å². The zero-order valence-corrected chi connectivity index (χ0v) is 13.5. The number of hydrogen-bond donors (Lipinski definition) is 1. The lowest BCUT2D eigenvalue weighted by molar-refractivity contribution is 0.119. The van der Waals surface area contributed by atoms with Crippen molar-refractivity contribution in [2.24, 2.45) is 11.3 Å². The fraction of sp³-hybridized carbons (Fsp3) is 1.00. The highest BCUT2D eigenvalue weighted by molar-refractivity contribution is 4.73. The van der Waals surface area contributed by atoms with Crippen LogP contribution in [0.2, 0.25) is 0 Å². The molecule has 0 spiro atoms. The number of piperazine rings is 1. The minimum Gasteiger partial charge on any atom is -0.396 e. The van der Waals surface area contributed by atoms with Gasteiger partial charge in [-0.2, -0.15) is 0 Å². The van der Waals surface area contributed by atoms with Crippen molar-refractivity contribution in [3.8, 4) is 0 Å². The first-order valence-corrected chi connectivity index (χ1v) is 8.00. The molecule has 1 rings (SSSR count). The van der Waals surface area contributed by atoms with Gasteiger partial charge in [-0.05, 0) is 43.7 Å². The van der Waals surface area contributed by atoms with Gasteiger partial charge in [-0.3, -0.25) is 0 Å². The quantitative estimate of drug-likeness (QED) is 0.770. The normalized spacial score (nSPS) is 20.7. The second kappa shape index (κ2) is 8.23. The summed E-state index contributed by atoms with van der Waals surface area (Å²) in [7, 11) is 0. The van der Waals surface area contributed by atoms with Gasteiger partial charge in [-0.1, -0.05) is 27.7 Å². The van der Waals surface area contributed by atoms with E-state index in [4.69, 9.17) is 0 Å². The molecule has 0 bridgehead atoms. The lowest BCUT2D eigenvalue weighted by atomic mass is 9.86. The molecule has 3 nitrogen and oxygen atoms in total. The van der Waals surface area contributed by atoms with Gasteiger partial charge >= 0.3 is 0 Å². The van der Waals surface area contributed by atoms with Crippen molar-refractivity contribution < 1.29 is 5.11 Å². The van der Waals surface area contributed by atoms with E-state index in [-0.39, 0.29) is 0 Å². The molecular formula is C16H34N2O. The number of rotatable bonds is 7. The topological polar surface area (TPSA) is 26.7 Å². The summed E-state index contributed by atoms with van der Waals surface area (Å²) in [6.45, 7) is 16.6. The molecule has 1 heterocycles. The van der Waals surface area contributed by atoms with E-state index in [2.05, 4.69) is 37.5 Å². The Bertz CT molecular complexity index is 229. The Labute approximate surface area is 120 Å². The number of aliphatic hydroxyl groups is 1. The second-order valence-electron chi connectivity index (χ2n) is 7.21. The molecule has 0 amide bonds.